The van der Waals surface area contributed by atoms with Gasteiger partial charge in [0.1, 0.15) is 11.6 Å². The van der Waals surface area contributed by atoms with Crippen molar-refractivity contribution in [3.63, 3.8) is 0 Å². The van der Waals surface area contributed by atoms with Crippen molar-refractivity contribution in [2.45, 2.75) is 48.4 Å². The second-order valence-electron chi connectivity index (χ2n) is 8.90. The minimum absolute atomic E-state index is 0.222. The molecule has 218 valence electrons. The van der Waals surface area contributed by atoms with Gasteiger partial charge in [0.15, 0.2) is 22.6 Å². The highest BCUT2D eigenvalue weighted by atomic mass is 32.2. The molecule has 0 radical (unpaired) electrons. The highest BCUT2D eigenvalue weighted by Crippen LogP contribution is 2.39. The summed E-state index contributed by atoms with van der Waals surface area (Å²) in [4.78, 5) is 12.5. The predicted octanol–water partition coefficient (Wildman–Crippen LogP) is 7.15. The summed E-state index contributed by atoms with van der Waals surface area (Å²) in [5.74, 6) is 1.85. The summed E-state index contributed by atoms with van der Waals surface area (Å²) in [5, 5.41) is 10.7. The molecule has 3 heterocycles. The van der Waals surface area contributed by atoms with Gasteiger partial charge in [0.05, 0.1) is 25.2 Å². The van der Waals surface area contributed by atoms with E-state index in [1.165, 1.54) is 17.8 Å². The average Bonchev–Trinajstić information content (AvgIpc) is 3.40. The van der Waals surface area contributed by atoms with Gasteiger partial charge in [-0.25, -0.2) is 18.7 Å². The second-order valence-corrected chi connectivity index (χ2v) is 11.0. The summed E-state index contributed by atoms with van der Waals surface area (Å²) in [6.45, 7) is 10.0. The number of aryl methyl sites for hydroxylation is 2. The molecule has 0 amide bonds. The van der Waals surface area contributed by atoms with Crippen LogP contribution in [0.4, 0.5) is 26.2 Å². The van der Waals surface area contributed by atoms with Gasteiger partial charge in [0, 0.05) is 35.5 Å². The van der Waals surface area contributed by atoms with Crippen LogP contribution >= 0.6 is 23.5 Å². The van der Waals surface area contributed by atoms with E-state index >= 15 is 4.39 Å². The van der Waals surface area contributed by atoms with E-state index in [0.717, 1.165) is 17.5 Å². The number of aromatic amines is 1. The van der Waals surface area contributed by atoms with E-state index in [0.29, 0.717) is 81.3 Å². The maximum atomic E-state index is 15.2. The van der Waals surface area contributed by atoms with Gasteiger partial charge in [-0.1, -0.05) is 32.0 Å². The van der Waals surface area contributed by atoms with E-state index in [4.69, 9.17) is 14.5 Å². The van der Waals surface area contributed by atoms with E-state index < -0.39 is 5.82 Å². The molecule has 12 heteroatoms. The summed E-state index contributed by atoms with van der Waals surface area (Å²) in [7, 11) is 1.56. The lowest BCUT2D eigenvalue weighted by Crippen LogP contribution is -2.37. The number of nitrogens with one attached hydrogen (secondary N) is 2. The molecule has 41 heavy (non-hydrogen) atoms. The number of halogens is 2. The van der Waals surface area contributed by atoms with Gasteiger partial charge >= 0.3 is 0 Å². The quantitative estimate of drug-likeness (QED) is 0.154. The average molecular weight is 601 g/mol. The van der Waals surface area contributed by atoms with E-state index in [1.807, 2.05) is 39.0 Å². The Morgan fingerprint density at radius 1 is 1.07 bits per heavy atom. The van der Waals surface area contributed by atoms with Crippen molar-refractivity contribution in [3.05, 3.63) is 70.9 Å². The lowest BCUT2D eigenvalue weighted by Gasteiger charge is -2.29. The summed E-state index contributed by atoms with van der Waals surface area (Å²) in [6.07, 6.45) is 0. The number of ether oxygens (including phenoxy) is 2. The highest BCUT2D eigenvalue weighted by molar-refractivity contribution is 7.99. The Balaban J connectivity index is 0.00000189. The molecule has 1 fully saturated rings. The fourth-order valence-corrected chi connectivity index (χ4v) is 5.72. The molecule has 0 atom stereocenters. The van der Waals surface area contributed by atoms with E-state index in [-0.39, 0.29) is 5.82 Å². The van der Waals surface area contributed by atoms with Crippen LogP contribution in [-0.2, 0) is 10.5 Å². The maximum Gasteiger partial charge on any atom is 0.204 e. The van der Waals surface area contributed by atoms with Crippen LogP contribution in [0.15, 0.2) is 57.4 Å². The van der Waals surface area contributed by atoms with E-state index in [9.17, 15) is 4.39 Å². The van der Waals surface area contributed by atoms with Gasteiger partial charge < -0.3 is 19.7 Å². The van der Waals surface area contributed by atoms with Gasteiger partial charge in [-0.2, -0.15) is 5.10 Å². The third kappa shape index (κ3) is 7.69. The Morgan fingerprint density at radius 3 is 2.54 bits per heavy atom. The van der Waals surface area contributed by atoms with Crippen molar-refractivity contribution in [2.24, 2.45) is 0 Å². The monoisotopic (exact) mass is 600 g/mol. The normalized spacial score (nSPS) is 13.0. The first-order chi connectivity index (χ1) is 19.9. The molecular formula is C29H34F2N6O2S2. The number of H-pyrrole nitrogens is 1. The lowest BCUT2D eigenvalue weighted by atomic mass is 10.1. The van der Waals surface area contributed by atoms with Crippen LogP contribution in [0, 0.1) is 25.5 Å². The lowest BCUT2D eigenvalue weighted by molar-refractivity contribution is 0.122. The molecule has 0 bridgehead atoms. The van der Waals surface area contributed by atoms with Crippen molar-refractivity contribution in [1.29, 1.82) is 0 Å². The third-order valence-corrected chi connectivity index (χ3v) is 8.02. The smallest absolute Gasteiger partial charge is 0.204 e. The van der Waals surface area contributed by atoms with Crippen LogP contribution in [-0.4, -0.2) is 53.6 Å². The molecule has 0 unspecified atom stereocenters. The molecule has 1 saturated heterocycles. The van der Waals surface area contributed by atoms with Crippen molar-refractivity contribution in [3.8, 4) is 5.75 Å². The number of hydrogen-bond acceptors (Lipinski definition) is 9. The molecule has 0 aliphatic carbocycles. The first kappa shape index (κ1) is 30.6. The second kappa shape index (κ2) is 14.5. The fourth-order valence-electron chi connectivity index (χ4n) is 4.06. The summed E-state index contributed by atoms with van der Waals surface area (Å²) in [6, 6.07) is 12.1. The zero-order chi connectivity index (χ0) is 29.4. The number of anilines is 3. The number of morpholine rings is 1. The van der Waals surface area contributed by atoms with E-state index in [2.05, 4.69) is 25.4 Å². The van der Waals surface area contributed by atoms with Crippen LogP contribution in [0.1, 0.15) is 30.7 Å². The molecule has 4 aromatic rings. The maximum absolute atomic E-state index is 15.2. The number of nitrogens with zero attached hydrogens (tertiary/aromatic N) is 4. The van der Waals surface area contributed by atoms with Gasteiger partial charge in [-0.05, 0) is 54.9 Å². The van der Waals surface area contributed by atoms with Gasteiger partial charge in [-0.3, -0.25) is 5.10 Å². The van der Waals surface area contributed by atoms with Crippen molar-refractivity contribution in [1.82, 2.24) is 20.2 Å². The van der Waals surface area contributed by atoms with Crippen molar-refractivity contribution >= 4 is 41.0 Å². The number of methoxy groups -OCH3 is 1. The SMILES string of the molecule is CC.COc1c(Nc2cc(C)[nH]n2)nc(Sc2ccc(SCc3cccc(C)c3F)cc2F)nc1N1CCOCC1. The third-order valence-electron chi connectivity index (χ3n) is 6.07. The van der Waals surface area contributed by atoms with Crippen LogP contribution in [0.5, 0.6) is 5.75 Å². The summed E-state index contributed by atoms with van der Waals surface area (Å²) >= 11 is 2.50. The van der Waals surface area contributed by atoms with Crippen LogP contribution in [0.25, 0.3) is 0 Å². The molecule has 1 aliphatic rings. The van der Waals surface area contributed by atoms with Crippen LogP contribution in [0.3, 0.4) is 0 Å². The van der Waals surface area contributed by atoms with Crippen molar-refractivity contribution < 1.29 is 18.3 Å². The summed E-state index contributed by atoms with van der Waals surface area (Å²) in [5.41, 5.74) is 2.07. The molecule has 0 spiro atoms. The summed E-state index contributed by atoms with van der Waals surface area (Å²) < 4.78 is 40.8. The molecular weight excluding hydrogens is 566 g/mol. The fraction of sp³-hybridized carbons (Fsp3) is 0.345. The topological polar surface area (TPSA) is 88.2 Å². The zero-order valence-electron chi connectivity index (χ0n) is 23.8. The first-order valence-corrected chi connectivity index (χ1v) is 15.1. The molecule has 2 N–H and O–H groups in total. The van der Waals surface area contributed by atoms with Crippen molar-refractivity contribution in [2.75, 3.05) is 43.6 Å². The molecule has 2 aromatic carbocycles. The number of aromatic nitrogens is 4. The molecule has 5 rings (SSSR count). The Bertz CT molecular complexity index is 1460. The standard InChI is InChI=1S/C27H28F2N6O2S2.C2H6/c1-16-5-4-6-18(23(16)29)15-38-19-7-8-21(20(28)14-19)39-27-31-25(30-22-13-17(2)33-34-22)24(36-3)26(32-27)35-9-11-37-12-10-35;1-2/h4-8,13-14H,9-12,15H2,1-3H3,(H2,30,31,32,33,34);1-2H3. The Morgan fingerprint density at radius 2 is 1.85 bits per heavy atom. The largest absolute Gasteiger partial charge is 0.490 e. The van der Waals surface area contributed by atoms with Gasteiger partial charge in [0.25, 0.3) is 0 Å². The van der Waals surface area contributed by atoms with Gasteiger partial charge in [-0.15, -0.1) is 11.8 Å². The number of thioether (sulfide) groups is 1. The Kier molecular flexibility index (Phi) is 10.8. The Labute approximate surface area is 247 Å². The number of benzene rings is 2. The van der Waals surface area contributed by atoms with Crippen LogP contribution < -0.4 is 15.0 Å². The van der Waals surface area contributed by atoms with Gasteiger partial charge in [0.2, 0.25) is 5.75 Å². The number of hydrogen-bond donors (Lipinski definition) is 2. The Hall–Kier alpha value is -3.35. The highest BCUT2D eigenvalue weighted by Gasteiger charge is 2.24. The molecule has 8 nitrogen and oxygen atoms in total. The first-order valence-electron chi connectivity index (χ1n) is 13.3. The van der Waals surface area contributed by atoms with Crippen LogP contribution in [0.2, 0.25) is 0 Å². The van der Waals surface area contributed by atoms with E-state index in [1.54, 1.807) is 32.2 Å². The predicted molar refractivity (Wildman–Crippen MR) is 161 cm³/mol. The number of rotatable bonds is 9. The molecule has 0 saturated carbocycles. The molecule has 1 aliphatic heterocycles. The minimum Gasteiger partial charge on any atom is -0.490 e. The molecule has 2 aromatic heterocycles. The zero-order valence-corrected chi connectivity index (χ0v) is 25.4. The minimum atomic E-state index is -0.403.